The van der Waals surface area contributed by atoms with Crippen molar-refractivity contribution in [1.29, 1.82) is 0 Å². The van der Waals surface area contributed by atoms with E-state index in [0.29, 0.717) is 6.04 Å². The summed E-state index contributed by atoms with van der Waals surface area (Å²) in [5.74, 6) is 1.67. The molecule has 72 valence electrons. The van der Waals surface area contributed by atoms with E-state index in [-0.39, 0.29) is 0 Å². The molecule has 2 rings (SSSR count). The lowest BCUT2D eigenvalue weighted by molar-refractivity contribution is 0.291. The molecular formula is C9H15N3O. The predicted octanol–water partition coefficient (Wildman–Crippen LogP) is 0.516. The molecule has 0 spiro atoms. The maximum absolute atomic E-state index is 5.80. The van der Waals surface area contributed by atoms with Gasteiger partial charge in [-0.2, -0.15) is 0 Å². The summed E-state index contributed by atoms with van der Waals surface area (Å²) in [5, 5.41) is 0. The van der Waals surface area contributed by atoms with Crippen LogP contribution in [0.25, 0.3) is 0 Å². The first-order valence-corrected chi connectivity index (χ1v) is 4.63. The Bertz CT molecular complexity index is 284. The summed E-state index contributed by atoms with van der Waals surface area (Å²) in [7, 11) is 0. The van der Waals surface area contributed by atoms with Crippen molar-refractivity contribution in [2.24, 2.45) is 5.73 Å². The lowest BCUT2D eigenvalue weighted by Crippen LogP contribution is -2.26. The van der Waals surface area contributed by atoms with Crippen molar-refractivity contribution in [1.82, 2.24) is 9.88 Å². The third kappa shape index (κ3) is 2.08. The van der Waals surface area contributed by atoms with Gasteiger partial charge >= 0.3 is 0 Å². The first-order chi connectivity index (χ1) is 6.24. The molecule has 4 nitrogen and oxygen atoms in total. The molecule has 1 aliphatic heterocycles. The van der Waals surface area contributed by atoms with Gasteiger partial charge in [0, 0.05) is 26.1 Å². The highest BCUT2D eigenvalue weighted by molar-refractivity contribution is 4.94. The van der Waals surface area contributed by atoms with E-state index >= 15 is 0 Å². The Balaban J connectivity index is 1.91. The average Bonchev–Trinajstić information content (AvgIpc) is 2.62. The van der Waals surface area contributed by atoms with Crippen molar-refractivity contribution in [3.8, 4) is 0 Å². The van der Waals surface area contributed by atoms with E-state index in [1.807, 2.05) is 6.92 Å². The number of hydrogen-bond donors (Lipinski definition) is 1. The number of aryl methyl sites for hydroxylation is 1. The van der Waals surface area contributed by atoms with Crippen LogP contribution in [0.4, 0.5) is 0 Å². The van der Waals surface area contributed by atoms with Gasteiger partial charge in [-0.1, -0.05) is 0 Å². The molecule has 2 heterocycles. The van der Waals surface area contributed by atoms with E-state index in [4.69, 9.17) is 10.2 Å². The predicted molar refractivity (Wildman–Crippen MR) is 49.1 cm³/mol. The molecule has 13 heavy (non-hydrogen) atoms. The van der Waals surface area contributed by atoms with E-state index in [9.17, 15) is 0 Å². The lowest BCUT2D eigenvalue weighted by atomic mass is 10.3. The Morgan fingerprint density at radius 1 is 1.77 bits per heavy atom. The molecule has 4 heteroatoms. The van der Waals surface area contributed by atoms with Crippen molar-refractivity contribution in [2.75, 3.05) is 13.1 Å². The van der Waals surface area contributed by atoms with E-state index in [0.717, 1.165) is 37.7 Å². The highest BCUT2D eigenvalue weighted by atomic mass is 16.4. The van der Waals surface area contributed by atoms with Gasteiger partial charge in [0.25, 0.3) is 0 Å². The Labute approximate surface area is 77.7 Å². The molecule has 0 amide bonds. The standard InChI is InChI=1S/C9H15N3O/c1-7-11-4-9(13-7)6-12-3-2-8(10)5-12/h4,8H,2-3,5-6,10H2,1H3. The highest BCUT2D eigenvalue weighted by Crippen LogP contribution is 2.12. The summed E-state index contributed by atoms with van der Waals surface area (Å²) in [4.78, 5) is 6.35. The molecule has 0 saturated carbocycles. The van der Waals surface area contributed by atoms with E-state index < -0.39 is 0 Å². The molecular weight excluding hydrogens is 166 g/mol. The Hall–Kier alpha value is -0.870. The van der Waals surface area contributed by atoms with Gasteiger partial charge in [0.2, 0.25) is 0 Å². The molecule has 1 unspecified atom stereocenters. The molecule has 1 saturated heterocycles. The molecule has 1 aromatic rings. The zero-order valence-corrected chi connectivity index (χ0v) is 7.86. The molecule has 2 N–H and O–H groups in total. The van der Waals surface area contributed by atoms with E-state index in [2.05, 4.69) is 9.88 Å². The van der Waals surface area contributed by atoms with Crippen molar-refractivity contribution >= 4 is 0 Å². The van der Waals surface area contributed by atoms with Gasteiger partial charge in [0.05, 0.1) is 12.7 Å². The molecule has 1 fully saturated rings. The van der Waals surface area contributed by atoms with Crippen molar-refractivity contribution in [2.45, 2.75) is 25.9 Å². The number of nitrogens with two attached hydrogens (primary N) is 1. The third-order valence-corrected chi connectivity index (χ3v) is 2.36. The van der Waals surface area contributed by atoms with Crippen LogP contribution in [0.5, 0.6) is 0 Å². The maximum atomic E-state index is 5.80. The largest absolute Gasteiger partial charge is 0.445 e. The zero-order valence-electron chi connectivity index (χ0n) is 7.86. The topological polar surface area (TPSA) is 55.3 Å². The van der Waals surface area contributed by atoms with Crippen molar-refractivity contribution in [3.05, 3.63) is 17.8 Å². The lowest BCUT2D eigenvalue weighted by Gasteiger charge is -2.11. The van der Waals surface area contributed by atoms with Gasteiger partial charge in [-0.25, -0.2) is 4.98 Å². The summed E-state index contributed by atoms with van der Waals surface area (Å²) in [6.07, 6.45) is 2.88. The highest BCUT2D eigenvalue weighted by Gasteiger charge is 2.19. The van der Waals surface area contributed by atoms with Gasteiger partial charge in [-0.05, 0) is 6.42 Å². The molecule has 1 atom stereocenters. The molecule has 0 bridgehead atoms. The smallest absolute Gasteiger partial charge is 0.191 e. The van der Waals surface area contributed by atoms with Crippen LogP contribution in [0, 0.1) is 6.92 Å². The second-order valence-electron chi connectivity index (χ2n) is 3.63. The number of nitrogens with zero attached hydrogens (tertiary/aromatic N) is 2. The van der Waals surface area contributed by atoms with Crippen LogP contribution >= 0.6 is 0 Å². The van der Waals surface area contributed by atoms with Crippen LogP contribution in [0.2, 0.25) is 0 Å². The number of aromatic nitrogens is 1. The second-order valence-corrected chi connectivity index (χ2v) is 3.63. The van der Waals surface area contributed by atoms with Gasteiger partial charge < -0.3 is 10.2 Å². The van der Waals surface area contributed by atoms with Crippen LogP contribution in [0.1, 0.15) is 18.1 Å². The maximum Gasteiger partial charge on any atom is 0.191 e. The van der Waals surface area contributed by atoms with Crippen molar-refractivity contribution in [3.63, 3.8) is 0 Å². The van der Waals surface area contributed by atoms with Crippen LogP contribution in [0.15, 0.2) is 10.6 Å². The molecule has 1 aliphatic rings. The molecule has 0 aromatic carbocycles. The number of hydrogen-bond acceptors (Lipinski definition) is 4. The molecule has 1 aromatic heterocycles. The fourth-order valence-corrected chi connectivity index (χ4v) is 1.71. The fourth-order valence-electron chi connectivity index (χ4n) is 1.71. The van der Waals surface area contributed by atoms with Crippen LogP contribution in [0.3, 0.4) is 0 Å². The third-order valence-electron chi connectivity index (χ3n) is 2.36. The summed E-state index contributed by atoms with van der Waals surface area (Å²) in [6, 6.07) is 0.337. The molecule has 0 radical (unpaired) electrons. The fraction of sp³-hybridized carbons (Fsp3) is 0.667. The van der Waals surface area contributed by atoms with Gasteiger partial charge in [0.15, 0.2) is 5.89 Å². The van der Waals surface area contributed by atoms with E-state index in [1.54, 1.807) is 6.20 Å². The van der Waals surface area contributed by atoms with Gasteiger partial charge in [-0.3, -0.25) is 4.90 Å². The summed E-state index contributed by atoms with van der Waals surface area (Å²) in [5.41, 5.74) is 5.80. The quantitative estimate of drug-likeness (QED) is 0.722. The second kappa shape index (κ2) is 3.47. The normalized spacial score (nSPS) is 24.0. The van der Waals surface area contributed by atoms with Crippen LogP contribution in [-0.4, -0.2) is 29.0 Å². The van der Waals surface area contributed by atoms with Crippen molar-refractivity contribution < 1.29 is 4.42 Å². The minimum Gasteiger partial charge on any atom is -0.445 e. The SMILES string of the molecule is Cc1ncc(CN2CCC(N)C2)o1. The summed E-state index contributed by atoms with van der Waals surface area (Å²) < 4.78 is 5.39. The van der Waals surface area contributed by atoms with Gasteiger partial charge in [0.1, 0.15) is 5.76 Å². The zero-order chi connectivity index (χ0) is 9.26. The number of rotatable bonds is 2. The Morgan fingerprint density at radius 3 is 3.15 bits per heavy atom. The monoisotopic (exact) mass is 181 g/mol. The summed E-state index contributed by atoms with van der Waals surface area (Å²) in [6.45, 7) is 4.74. The number of likely N-dealkylation sites (tertiary alicyclic amines) is 1. The summed E-state index contributed by atoms with van der Waals surface area (Å²) >= 11 is 0. The first-order valence-electron chi connectivity index (χ1n) is 4.63. The van der Waals surface area contributed by atoms with Gasteiger partial charge in [-0.15, -0.1) is 0 Å². The molecule has 0 aliphatic carbocycles. The van der Waals surface area contributed by atoms with Crippen LogP contribution in [-0.2, 0) is 6.54 Å². The first kappa shape index (κ1) is 8.72. The minimum atomic E-state index is 0.337. The van der Waals surface area contributed by atoms with E-state index in [1.165, 1.54) is 0 Å². The van der Waals surface area contributed by atoms with Crippen LogP contribution < -0.4 is 5.73 Å². The number of oxazole rings is 1. The minimum absolute atomic E-state index is 0.337. The Morgan fingerprint density at radius 2 is 2.62 bits per heavy atom. The Kier molecular flexibility index (Phi) is 2.33. The average molecular weight is 181 g/mol.